The smallest absolute Gasteiger partial charge is 0.260 e. The van der Waals surface area contributed by atoms with Crippen molar-refractivity contribution in [3.63, 3.8) is 0 Å². The third-order valence-corrected chi connectivity index (χ3v) is 8.10. The first-order chi connectivity index (χ1) is 18.6. The molecule has 39 heavy (non-hydrogen) atoms. The maximum atomic E-state index is 16.1. The fourth-order valence-electron chi connectivity index (χ4n) is 4.14. The summed E-state index contributed by atoms with van der Waals surface area (Å²) in [6.07, 6.45) is 1.09. The van der Waals surface area contributed by atoms with Crippen molar-refractivity contribution in [1.82, 2.24) is 9.55 Å². The number of halogens is 3. The van der Waals surface area contributed by atoms with E-state index in [4.69, 9.17) is 4.74 Å². The molecule has 0 bridgehead atoms. The second kappa shape index (κ2) is 11.4. The van der Waals surface area contributed by atoms with Crippen molar-refractivity contribution < 1.29 is 26.3 Å². The molecule has 0 aliphatic carbocycles. The Balaban J connectivity index is 1.81. The number of aryl methyl sites for hydroxylation is 1. The highest BCUT2D eigenvalue weighted by atomic mass is 32.2. The number of ether oxygens (including phenoxy) is 1. The van der Waals surface area contributed by atoms with Crippen molar-refractivity contribution in [3.05, 3.63) is 88.5 Å². The number of nitrogens with zero attached hydrogens (tertiary/aromatic N) is 4. The number of aromatic nitrogens is 2. The van der Waals surface area contributed by atoms with Gasteiger partial charge in [-0.1, -0.05) is 12.1 Å². The molecule has 0 saturated carbocycles. The van der Waals surface area contributed by atoms with Gasteiger partial charge >= 0.3 is 0 Å². The Morgan fingerprint density at radius 3 is 2.44 bits per heavy atom. The highest BCUT2D eigenvalue weighted by Crippen LogP contribution is 2.37. The van der Waals surface area contributed by atoms with Gasteiger partial charge in [0.2, 0.25) is 10.0 Å². The van der Waals surface area contributed by atoms with Gasteiger partial charge in [-0.25, -0.2) is 22.2 Å². The topological polar surface area (TPSA) is 84.7 Å². The number of anilines is 3. The maximum Gasteiger partial charge on any atom is 0.260 e. The molecule has 0 atom stereocenters. The van der Waals surface area contributed by atoms with Gasteiger partial charge in [0.15, 0.2) is 5.82 Å². The summed E-state index contributed by atoms with van der Waals surface area (Å²) >= 11 is 0. The van der Waals surface area contributed by atoms with Gasteiger partial charge in [0, 0.05) is 19.8 Å². The molecule has 12 heteroatoms. The number of fused-ring (bicyclic) bond motifs is 1. The van der Waals surface area contributed by atoms with Gasteiger partial charge in [-0.3, -0.25) is 13.5 Å². The zero-order chi connectivity index (χ0) is 28.3. The molecule has 0 radical (unpaired) electrons. The predicted molar refractivity (Wildman–Crippen MR) is 145 cm³/mol. The van der Waals surface area contributed by atoms with Crippen LogP contribution in [0.2, 0.25) is 0 Å². The summed E-state index contributed by atoms with van der Waals surface area (Å²) in [6, 6.07) is 13.1. The van der Waals surface area contributed by atoms with E-state index in [0.29, 0.717) is 16.8 Å². The highest BCUT2D eigenvalue weighted by molar-refractivity contribution is 7.92. The number of hydrogen-bond donors (Lipinski definition) is 0. The number of alkyl halides is 1. The van der Waals surface area contributed by atoms with E-state index in [1.54, 1.807) is 36.4 Å². The van der Waals surface area contributed by atoms with Crippen LogP contribution in [0.1, 0.15) is 12.0 Å². The number of hydrogen-bond acceptors (Lipinski definition) is 6. The van der Waals surface area contributed by atoms with E-state index in [-0.39, 0.29) is 29.6 Å². The van der Waals surface area contributed by atoms with Gasteiger partial charge in [-0.15, -0.1) is 0 Å². The molecule has 3 aromatic carbocycles. The molecule has 0 aliphatic heterocycles. The molecular formula is C27H27F3N4O4S. The third kappa shape index (κ3) is 5.70. The third-order valence-electron chi connectivity index (χ3n) is 6.30. The summed E-state index contributed by atoms with van der Waals surface area (Å²) in [5, 5.41) is 0.247. The summed E-state index contributed by atoms with van der Waals surface area (Å²) in [7, 11) is 0.218. The molecule has 8 nitrogen and oxygen atoms in total. The second-order valence-electron chi connectivity index (χ2n) is 8.86. The second-order valence-corrected chi connectivity index (χ2v) is 10.9. The normalized spacial score (nSPS) is 11.5. The quantitative estimate of drug-likeness (QED) is 0.280. The zero-order valence-electron chi connectivity index (χ0n) is 21.6. The van der Waals surface area contributed by atoms with E-state index in [9.17, 15) is 17.6 Å². The van der Waals surface area contributed by atoms with Crippen molar-refractivity contribution in [2.45, 2.75) is 13.0 Å². The molecule has 4 rings (SSSR count). The molecule has 0 aliphatic rings. The minimum Gasteiger partial charge on any atom is -0.497 e. The van der Waals surface area contributed by atoms with Crippen LogP contribution in [0, 0.1) is 11.6 Å². The van der Waals surface area contributed by atoms with Gasteiger partial charge in [0.05, 0.1) is 49.0 Å². The number of sulfonamides is 1. The van der Waals surface area contributed by atoms with Gasteiger partial charge in [0.1, 0.15) is 17.3 Å². The van der Waals surface area contributed by atoms with E-state index in [1.165, 1.54) is 43.1 Å². The van der Waals surface area contributed by atoms with Crippen LogP contribution in [-0.4, -0.2) is 44.6 Å². The molecule has 4 aromatic rings. The largest absolute Gasteiger partial charge is 0.497 e. The summed E-state index contributed by atoms with van der Waals surface area (Å²) in [5.74, 6) is -2.09. The molecule has 0 fully saturated rings. The molecule has 1 heterocycles. The van der Waals surface area contributed by atoms with Crippen LogP contribution in [0.3, 0.4) is 0 Å². The molecule has 1 aromatic heterocycles. The number of benzene rings is 3. The van der Waals surface area contributed by atoms with Crippen molar-refractivity contribution in [2.75, 3.05) is 35.8 Å². The van der Waals surface area contributed by atoms with E-state index in [2.05, 4.69) is 4.98 Å². The number of rotatable bonds is 10. The fourth-order valence-corrected chi connectivity index (χ4v) is 5.63. The van der Waals surface area contributed by atoms with E-state index < -0.39 is 45.5 Å². The van der Waals surface area contributed by atoms with E-state index in [1.807, 2.05) is 0 Å². The Labute approximate surface area is 223 Å². The standard InChI is InChI=1S/C27H27F3N4O4S/c1-32-17-31-23-11-7-19(15-21(23)27(32)35)33(2)26-22(29)10-12-24(25(26)30)34(39(36,37)14-4-13-28)16-18-5-8-20(38-3)9-6-18/h5-12,15,17H,4,13-14,16H2,1-3H3. The number of methoxy groups -OCH3 is 1. The van der Waals surface area contributed by atoms with Crippen LogP contribution in [0.25, 0.3) is 10.9 Å². The lowest BCUT2D eigenvalue weighted by Crippen LogP contribution is -2.34. The van der Waals surface area contributed by atoms with Crippen molar-refractivity contribution in [1.29, 1.82) is 0 Å². The lowest BCUT2D eigenvalue weighted by atomic mass is 10.1. The monoisotopic (exact) mass is 560 g/mol. The van der Waals surface area contributed by atoms with Gasteiger partial charge in [0.25, 0.3) is 5.56 Å². The van der Waals surface area contributed by atoms with Gasteiger partial charge in [-0.05, 0) is 54.4 Å². The van der Waals surface area contributed by atoms with Crippen LogP contribution >= 0.6 is 0 Å². The van der Waals surface area contributed by atoms with E-state index >= 15 is 8.78 Å². The minimum atomic E-state index is -4.20. The lowest BCUT2D eigenvalue weighted by molar-refractivity contribution is 0.414. The SMILES string of the molecule is COc1ccc(CN(c2ccc(F)c(N(C)c3ccc4ncn(C)c(=O)c4c3)c2F)S(=O)(=O)CCCF)cc1. The molecule has 0 amide bonds. The summed E-state index contributed by atoms with van der Waals surface area (Å²) < 4.78 is 77.8. The molecule has 0 N–H and O–H groups in total. The molecule has 0 saturated heterocycles. The first kappa shape index (κ1) is 28.0. The first-order valence-corrected chi connectivity index (χ1v) is 13.5. The van der Waals surface area contributed by atoms with Crippen LogP contribution in [0.5, 0.6) is 5.75 Å². The van der Waals surface area contributed by atoms with Crippen LogP contribution < -0.4 is 19.5 Å². The van der Waals surface area contributed by atoms with Gasteiger partial charge in [-0.2, -0.15) is 0 Å². The van der Waals surface area contributed by atoms with Crippen LogP contribution in [-0.2, 0) is 23.6 Å². The maximum absolute atomic E-state index is 16.1. The molecule has 206 valence electrons. The highest BCUT2D eigenvalue weighted by Gasteiger charge is 2.29. The summed E-state index contributed by atoms with van der Waals surface area (Å²) in [4.78, 5) is 17.9. The Morgan fingerprint density at radius 2 is 1.77 bits per heavy atom. The zero-order valence-corrected chi connectivity index (χ0v) is 22.4. The molecule has 0 unspecified atom stereocenters. The molecular weight excluding hydrogens is 533 g/mol. The summed E-state index contributed by atoms with van der Waals surface area (Å²) in [6.45, 7) is -1.15. The molecule has 0 spiro atoms. The average molecular weight is 561 g/mol. The van der Waals surface area contributed by atoms with Crippen LogP contribution in [0.4, 0.5) is 30.2 Å². The minimum absolute atomic E-state index is 0.247. The summed E-state index contributed by atoms with van der Waals surface area (Å²) in [5.41, 5.74) is -0.0518. The lowest BCUT2D eigenvalue weighted by Gasteiger charge is -2.28. The Bertz CT molecular complexity index is 1660. The van der Waals surface area contributed by atoms with Crippen molar-refractivity contribution in [2.24, 2.45) is 7.05 Å². The first-order valence-electron chi connectivity index (χ1n) is 11.9. The van der Waals surface area contributed by atoms with E-state index in [0.717, 1.165) is 16.4 Å². The van der Waals surface area contributed by atoms with Gasteiger partial charge < -0.3 is 14.2 Å². The Hall–Kier alpha value is -4.06. The van der Waals surface area contributed by atoms with Crippen LogP contribution in [0.15, 0.2) is 65.7 Å². The van der Waals surface area contributed by atoms with Crippen molar-refractivity contribution >= 4 is 38.0 Å². The Morgan fingerprint density at radius 1 is 1.05 bits per heavy atom. The van der Waals surface area contributed by atoms with Crippen molar-refractivity contribution in [3.8, 4) is 5.75 Å². The average Bonchev–Trinajstić information content (AvgIpc) is 2.93. The fraction of sp³-hybridized carbons (Fsp3) is 0.259. The predicted octanol–water partition coefficient (Wildman–Crippen LogP) is 4.68. The Kier molecular flexibility index (Phi) is 8.14.